The first-order valence-corrected chi connectivity index (χ1v) is 7.42. The van der Waals surface area contributed by atoms with E-state index in [0.717, 1.165) is 19.6 Å². The molecule has 0 heterocycles. The monoisotopic (exact) mass is 276 g/mol. The van der Waals surface area contributed by atoms with Crippen molar-refractivity contribution in [2.24, 2.45) is 11.7 Å². The second kappa shape index (κ2) is 6.86. The van der Waals surface area contributed by atoms with Crippen LogP contribution in [0.4, 0.5) is 0 Å². The largest absolute Gasteiger partial charge is 0.478 e. The van der Waals surface area contributed by atoms with Crippen LogP contribution in [0.1, 0.15) is 42.1 Å². The lowest BCUT2D eigenvalue weighted by Crippen LogP contribution is -2.39. The van der Waals surface area contributed by atoms with Crippen LogP contribution < -0.4 is 5.73 Å². The number of aromatic carboxylic acids is 1. The van der Waals surface area contributed by atoms with E-state index in [1.807, 2.05) is 12.1 Å². The molecule has 2 atom stereocenters. The van der Waals surface area contributed by atoms with Crippen LogP contribution >= 0.6 is 0 Å². The molecule has 1 fully saturated rings. The molecular formula is C16H24N2O2. The maximum absolute atomic E-state index is 10.9. The van der Waals surface area contributed by atoms with Gasteiger partial charge in [-0.1, -0.05) is 25.5 Å². The number of nitrogens with zero attached hydrogens (tertiary/aromatic N) is 1. The minimum Gasteiger partial charge on any atom is -0.478 e. The summed E-state index contributed by atoms with van der Waals surface area (Å²) in [5.74, 6) is -0.267. The molecule has 0 radical (unpaired) electrons. The molecule has 4 heteroatoms. The molecule has 4 nitrogen and oxygen atoms in total. The predicted octanol–water partition coefficient (Wildman–Crippen LogP) is 2.33. The molecule has 3 N–H and O–H groups in total. The smallest absolute Gasteiger partial charge is 0.335 e. The highest BCUT2D eigenvalue weighted by molar-refractivity contribution is 5.87. The SMILES string of the molecule is CCN(Cc1ccc(C(=O)O)cc1)C1CCCC1CN. The quantitative estimate of drug-likeness (QED) is 0.837. The van der Waals surface area contributed by atoms with Gasteiger partial charge in [0.15, 0.2) is 0 Å². The molecule has 0 spiro atoms. The minimum atomic E-state index is -0.872. The molecule has 1 aliphatic carbocycles. The van der Waals surface area contributed by atoms with Gasteiger partial charge in [0.1, 0.15) is 0 Å². The molecule has 2 rings (SSSR count). The Morgan fingerprint density at radius 2 is 2.05 bits per heavy atom. The predicted molar refractivity (Wildman–Crippen MR) is 79.7 cm³/mol. The van der Waals surface area contributed by atoms with Gasteiger partial charge in [0.2, 0.25) is 0 Å². The molecule has 1 saturated carbocycles. The number of carboxylic acid groups (broad SMARTS) is 1. The summed E-state index contributed by atoms with van der Waals surface area (Å²) in [7, 11) is 0. The van der Waals surface area contributed by atoms with Crippen molar-refractivity contribution in [3.8, 4) is 0 Å². The lowest BCUT2D eigenvalue weighted by Gasteiger charge is -2.31. The Bertz CT molecular complexity index is 444. The van der Waals surface area contributed by atoms with E-state index in [1.165, 1.54) is 24.8 Å². The molecule has 0 saturated heterocycles. The standard InChI is InChI=1S/C16H24N2O2/c1-2-18(15-5-3-4-14(15)10-17)11-12-6-8-13(9-7-12)16(19)20/h6-9,14-15H,2-5,10-11,17H2,1H3,(H,19,20). The van der Waals surface area contributed by atoms with Crippen molar-refractivity contribution in [1.82, 2.24) is 4.90 Å². The summed E-state index contributed by atoms with van der Waals surface area (Å²) in [6.07, 6.45) is 3.72. The average Bonchev–Trinajstić information content (AvgIpc) is 2.93. The van der Waals surface area contributed by atoms with E-state index in [2.05, 4.69) is 11.8 Å². The molecular weight excluding hydrogens is 252 g/mol. The van der Waals surface area contributed by atoms with Crippen LogP contribution in [0.5, 0.6) is 0 Å². The van der Waals surface area contributed by atoms with Gasteiger partial charge in [-0.15, -0.1) is 0 Å². The molecule has 1 aliphatic rings. The van der Waals surface area contributed by atoms with E-state index in [0.29, 0.717) is 17.5 Å². The minimum absolute atomic E-state index is 0.345. The van der Waals surface area contributed by atoms with E-state index in [4.69, 9.17) is 10.8 Å². The lowest BCUT2D eigenvalue weighted by atomic mass is 10.0. The average molecular weight is 276 g/mol. The van der Waals surface area contributed by atoms with Crippen LogP contribution in [-0.2, 0) is 6.54 Å². The molecule has 20 heavy (non-hydrogen) atoms. The van der Waals surface area contributed by atoms with Crippen LogP contribution in [0.15, 0.2) is 24.3 Å². The summed E-state index contributed by atoms with van der Waals surface area (Å²) in [4.78, 5) is 13.3. The summed E-state index contributed by atoms with van der Waals surface area (Å²) < 4.78 is 0. The van der Waals surface area contributed by atoms with Crippen LogP contribution in [0.3, 0.4) is 0 Å². The Morgan fingerprint density at radius 1 is 1.35 bits per heavy atom. The number of rotatable bonds is 6. The van der Waals surface area contributed by atoms with E-state index in [1.54, 1.807) is 12.1 Å². The molecule has 0 bridgehead atoms. The van der Waals surface area contributed by atoms with Crippen molar-refractivity contribution < 1.29 is 9.90 Å². The topological polar surface area (TPSA) is 66.6 Å². The van der Waals surface area contributed by atoms with Crippen molar-refractivity contribution >= 4 is 5.97 Å². The lowest BCUT2D eigenvalue weighted by molar-refractivity contribution is 0.0697. The zero-order valence-electron chi connectivity index (χ0n) is 12.1. The van der Waals surface area contributed by atoms with E-state index >= 15 is 0 Å². The van der Waals surface area contributed by atoms with Crippen LogP contribution in [0, 0.1) is 5.92 Å². The van der Waals surface area contributed by atoms with Gasteiger partial charge in [0.05, 0.1) is 5.56 Å². The summed E-state index contributed by atoms with van der Waals surface area (Å²) in [5, 5.41) is 8.92. The highest BCUT2D eigenvalue weighted by atomic mass is 16.4. The number of nitrogens with two attached hydrogens (primary N) is 1. The molecule has 1 aromatic rings. The molecule has 0 amide bonds. The first kappa shape index (κ1) is 15.0. The zero-order chi connectivity index (χ0) is 14.5. The van der Waals surface area contributed by atoms with E-state index < -0.39 is 5.97 Å². The second-order valence-corrected chi connectivity index (χ2v) is 5.56. The third-order valence-corrected chi connectivity index (χ3v) is 4.38. The van der Waals surface area contributed by atoms with Gasteiger partial charge >= 0.3 is 5.97 Å². The summed E-state index contributed by atoms with van der Waals surface area (Å²) in [5.41, 5.74) is 7.38. The first-order valence-electron chi connectivity index (χ1n) is 7.42. The molecule has 2 unspecified atom stereocenters. The zero-order valence-corrected chi connectivity index (χ0v) is 12.1. The highest BCUT2D eigenvalue weighted by Crippen LogP contribution is 2.30. The Balaban J connectivity index is 2.04. The fourth-order valence-electron chi connectivity index (χ4n) is 3.22. The number of benzene rings is 1. The third-order valence-electron chi connectivity index (χ3n) is 4.38. The fourth-order valence-corrected chi connectivity index (χ4v) is 3.22. The van der Waals surface area contributed by atoms with Gasteiger partial charge in [0.25, 0.3) is 0 Å². The van der Waals surface area contributed by atoms with Gasteiger partial charge in [-0.3, -0.25) is 4.90 Å². The Kier molecular flexibility index (Phi) is 5.15. The second-order valence-electron chi connectivity index (χ2n) is 5.56. The molecule has 1 aromatic carbocycles. The Labute approximate surface area is 120 Å². The third kappa shape index (κ3) is 3.38. The van der Waals surface area contributed by atoms with Gasteiger partial charge < -0.3 is 10.8 Å². The van der Waals surface area contributed by atoms with E-state index in [9.17, 15) is 4.79 Å². The summed E-state index contributed by atoms with van der Waals surface area (Å²) >= 11 is 0. The van der Waals surface area contributed by atoms with E-state index in [-0.39, 0.29) is 0 Å². The number of carbonyl (C=O) groups is 1. The number of hydrogen-bond donors (Lipinski definition) is 2. The normalized spacial score (nSPS) is 22.4. The van der Waals surface area contributed by atoms with Crippen LogP contribution in [-0.4, -0.2) is 35.1 Å². The van der Waals surface area contributed by atoms with Gasteiger partial charge in [-0.2, -0.15) is 0 Å². The Morgan fingerprint density at radius 3 is 2.60 bits per heavy atom. The molecule has 0 aliphatic heterocycles. The van der Waals surface area contributed by atoms with Crippen LogP contribution in [0.2, 0.25) is 0 Å². The van der Waals surface area contributed by atoms with Crippen molar-refractivity contribution in [2.45, 2.75) is 38.8 Å². The Hall–Kier alpha value is -1.39. The van der Waals surface area contributed by atoms with Crippen molar-refractivity contribution in [3.63, 3.8) is 0 Å². The highest BCUT2D eigenvalue weighted by Gasteiger charge is 2.30. The number of carboxylic acids is 1. The number of hydrogen-bond acceptors (Lipinski definition) is 3. The van der Waals surface area contributed by atoms with Crippen molar-refractivity contribution in [3.05, 3.63) is 35.4 Å². The maximum Gasteiger partial charge on any atom is 0.335 e. The maximum atomic E-state index is 10.9. The van der Waals surface area contributed by atoms with Crippen molar-refractivity contribution in [1.29, 1.82) is 0 Å². The van der Waals surface area contributed by atoms with Gasteiger partial charge in [0, 0.05) is 12.6 Å². The summed E-state index contributed by atoms with van der Waals surface area (Å²) in [6.45, 7) is 4.82. The summed E-state index contributed by atoms with van der Waals surface area (Å²) in [6, 6.07) is 7.77. The molecule has 110 valence electrons. The first-order chi connectivity index (χ1) is 9.65. The fraction of sp³-hybridized carbons (Fsp3) is 0.562. The molecule has 0 aromatic heterocycles. The van der Waals surface area contributed by atoms with Crippen LogP contribution in [0.25, 0.3) is 0 Å². The van der Waals surface area contributed by atoms with Gasteiger partial charge in [-0.05, 0) is 49.5 Å². The van der Waals surface area contributed by atoms with Crippen molar-refractivity contribution in [2.75, 3.05) is 13.1 Å². The van der Waals surface area contributed by atoms with Gasteiger partial charge in [-0.25, -0.2) is 4.79 Å².